The Morgan fingerprint density at radius 1 is 1.07 bits per heavy atom. The van der Waals surface area contributed by atoms with Crippen LogP contribution in [0.2, 0.25) is 0 Å². The predicted molar refractivity (Wildman–Crippen MR) is 106 cm³/mol. The first kappa shape index (κ1) is 21.9. The fraction of sp³-hybridized carbons (Fsp3) is 0.696. The van der Waals surface area contributed by atoms with Gasteiger partial charge in [0.1, 0.15) is 5.82 Å². The third-order valence-electron chi connectivity index (χ3n) is 6.06. The molecule has 3 nitrogen and oxygen atoms in total. The Bertz CT molecular complexity index is 560. The van der Waals surface area contributed by atoms with Crippen molar-refractivity contribution in [2.45, 2.75) is 89.6 Å². The van der Waals surface area contributed by atoms with Crippen molar-refractivity contribution in [2.75, 3.05) is 0 Å². The molecule has 152 valence electrons. The van der Waals surface area contributed by atoms with Gasteiger partial charge in [0.15, 0.2) is 0 Å². The van der Waals surface area contributed by atoms with Gasteiger partial charge >= 0.3 is 5.97 Å². The van der Waals surface area contributed by atoms with E-state index in [1.807, 2.05) is 6.07 Å². The molecule has 0 aliphatic heterocycles. The van der Waals surface area contributed by atoms with Gasteiger partial charge in [-0.25, -0.2) is 4.39 Å². The number of unbranched alkanes of at least 4 members (excludes halogenated alkanes) is 3. The van der Waals surface area contributed by atoms with Gasteiger partial charge in [-0.2, -0.15) is 0 Å². The van der Waals surface area contributed by atoms with E-state index in [0.29, 0.717) is 12.8 Å². The lowest BCUT2D eigenvalue weighted by Crippen LogP contribution is -2.14. The molecule has 1 aromatic carbocycles. The van der Waals surface area contributed by atoms with E-state index in [-0.39, 0.29) is 11.9 Å². The molecule has 0 bridgehead atoms. The number of aliphatic carboxylic acids is 1. The minimum atomic E-state index is -0.693. The summed E-state index contributed by atoms with van der Waals surface area (Å²) in [4.78, 5) is 10.5. The maximum Gasteiger partial charge on any atom is 0.303 e. The van der Waals surface area contributed by atoms with Crippen LogP contribution in [0.1, 0.15) is 82.6 Å². The highest BCUT2D eigenvalue weighted by Gasteiger charge is 2.26. The average Bonchev–Trinajstić information content (AvgIpc) is 3.08. The van der Waals surface area contributed by atoms with Crippen molar-refractivity contribution < 1.29 is 19.4 Å². The van der Waals surface area contributed by atoms with Gasteiger partial charge < -0.3 is 10.2 Å². The molecule has 2 rings (SSSR count). The fourth-order valence-corrected chi connectivity index (χ4v) is 4.49. The molecule has 27 heavy (non-hydrogen) atoms. The number of carboxylic acids is 1. The Morgan fingerprint density at radius 2 is 1.81 bits per heavy atom. The molecule has 2 N–H and O–H groups in total. The summed E-state index contributed by atoms with van der Waals surface area (Å²) < 4.78 is 13.2. The lowest BCUT2D eigenvalue weighted by atomic mass is 9.86. The first-order valence-corrected chi connectivity index (χ1v) is 10.7. The van der Waals surface area contributed by atoms with Crippen molar-refractivity contribution in [3.05, 3.63) is 35.6 Å². The van der Waals surface area contributed by atoms with Crippen molar-refractivity contribution in [3.63, 3.8) is 0 Å². The van der Waals surface area contributed by atoms with Crippen LogP contribution in [0.3, 0.4) is 0 Å². The Balaban J connectivity index is 1.58. The zero-order chi connectivity index (χ0) is 19.5. The summed E-state index contributed by atoms with van der Waals surface area (Å²) in [7, 11) is 0. The number of hydrogen-bond acceptors (Lipinski definition) is 2. The van der Waals surface area contributed by atoms with Gasteiger partial charge in [-0.3, -0.25) is 4.79 Å². The smallest absolute Gasteiger partial charge is 0.303 e. The van der Waals surface area contributed by atoms with Crippen LogP contribution in [0.15, 0.2) is 24.3 Å². The number of rotatable bonds is 13. The number of aliphatic hydroxyl groups is 1. The quantitative estimate of drug-likeness (QED) is 0.430. The summed E-state index contributed by atoms with van der Waals surface area (Å²) in [5, 5.41) is 19.0. The van der Waals surface area contributed by atoms with Crippen LogP contribution in [0.4, 0.5) is 4.39 Å². The molecule has 0 aromatic heterocycles. The summed E-state index contributed by atoms with van der Waals surface area (Å²) in [5.74, 6) is 0.605. The molecule has 3 atom stereocenters. The molecule has 0 heterocycles. The maximum atomic E-state index is 13.2. The lowest BCUT2D eigenvalue weighted by Gasteiger charge is -2.21. The third kappa shape index (κ3) is 8.87. The van der Waals surface area contributed by atoms with Crippen LogP contribution < -0.4 is 0 Å². The van der Waals surface area contributed by atoms with Crippen LogP contribution >= 0.6 is 0 Å². The molecular formula is C23H35FO3. The highest BCUT2D eigenvalue weighted by Crippen LogP contribution is 2.38. The second-order valence-electron chi connectivity index (χ2n) is 8.20. The molecule has 0 saturated heterocycles. The van der Waals surface area contributed by atoms with Gasteiger partial charge in [0, 0.05) is 6.42 Å². The van der Waals surface area contributed by atoms with Crippen molar-refractivity contribution in [1.82, 2.24) is 0 Å². The van der Waals surface area contributed by atoms with Crippen LogP contribution in [-0.2, 0) is 11.2 Å². The summed E-state index contributed by atoms with van der Waals surface area (Å²) in [6, 6.07) is 6.64. The summed E-state index contributed by atoms with van der Waals surface area (Å²) in [6.45, 7) is 0. The largest absolute Gasteiger partial charge is 0.481 e. The highest BCUT2D eigenvalue weighted by molar-refractivity contribution is 5.66. The number of aliphatic hydroxyl groups excluding tert-OH is 1. The number of aryl methyl sites for hydroxylation is 1. The van der Waals surface area contributed by atoms with E-state index in [0.717, 1.165) is 55.9 Å². The average molecular weight is 379 g/mol. The normalized spacial score (nSPS) is 20.7. The summed E-state index contributed by atoms with van der Waals surface area (Å²) in [6.07, 6.45) is 12.6. The Kier molecular flexibility index (Phi) is 9.82. The second-order valence-corrected chi connectivity index (χ2v) is 8.20. The molecule has 4 heteroatoms. The zero-order valence-corrected chi connectivity index (χ0v) is 16.4. The van der Waals surface area contributed by atoms with Crippen LogP contribution in [0.25, 0.3) is 0 Å². The monoisotopic (exact) mass is 378 g/mol. The van der Waals surface area contributed by atoms with Gasteiger partial charge in [0.25, 0.3) is 0 Å². The fourth-order valence-electron chi connectivity index (χ4n) is 4.49. The maximum absolute atomic E-state index is 13.2. The molecule has 1 saturated carbocycles. The van der Waals surface area contributed by atoms with Crippen LogP contribution in [-0.4, -0.2) is 22.3 Å². The number of carbonyl (C=O) groups is 1. The van der Waals surface area contributed by atoms with Gasteiger partial charge in [0.05, 0.1) is 6.10 Å². The standard InChI is InChI=1S/C23H35FO3/c24-21-11-5-7-18(17-21)13-15-22(25)16-14-20-10-6-9-19(20)8-3-1-2-4-12-23(26)27/h5,7,11,17,19-20,22,25H,1-4,6,8-10,12-16H2,(H,26,27)/t19-,20?,22?/m0/s1. The number of halogens is 1. The highest BCUT2D eigenvalue weighted by atomic mass is 19.1. The van der Waals surface area contributed by atoms with Crippen molar-refractivity contribution in [1.29, 1.82) is 0 Å². The van der Waals surface area contributed by atoms with E-state index < -0.39 is 5.97 Å². The first-order valence-electron chi connectivity index (χ1n) is 10.7. The van der Waals surface area contributed by atoms with Gasteiger partial charge in [-0.05, 0) is 61.6 Å². The van der Waals surface area contributed by atoms with Crippen molar-refractivity contribution in [2.24, 2.45) is 11.8 Å². The van der Waals surface area contributed by atoms with E-state index in [1.165, 1.54) is 38.2 Å². The van der Waals surface area contributed by atoms with E-state index in [4.69, 9.17) is 5.11 Å². The van der Waals surface area contributed by atoms with Crippen LogP contribution in [0, 0.1) is 17.7 Å². The summed E-state index contributed by atoms with van der Waals surface area (Å²) >= 11 is 0. The molecule has 1 aromatic rings. The Labute approximate surface area is 163 Å². The molecule has 2 unspecified atom stereocenters. The number of hydrogen-bond donors (Lipinski definition) is 2. The van der Waals surface area contributed by atoms with E-state index in [1.54, 1.807) is 12.1 Å². The molecule has 0 radical (unpaired) electrons. The molecule has 1 fully saturated rings. The molecule has 1 aliphatic carbocycles. The number of benzene rings is 1. The Hall–Kier alpha value is -1.42. The molecular weight excluding hydrogens is 343 g/mol. The SMILES string of the molecule is O=C(O)CCCCCC[C@H]1CCCC1CCC(O)CCc1cccc(F)c1. The zero-order valence-electron chi connectivity index (χ0n) is 16.4. The predicted octanol–water partition coefficient (Wildman–Crippen LogP) is 5.74. The van der Waals surface area contributed by atoms with Crippen molar-refractivity contribution in [3.8, 4) is 0 Å². The summed E-state index contributed by atoms with van der Waals surface area (Å²) in [5.41, 5.74) is 0.954. The van der Waals surface area contributed by atoms with E-state index in [2.05, 4.69) is 0 Å². The topological polar surface area (TPSA) is 57.5 Å². The van der Waals surface area contributed by atoms with Crippen molar-refractivity contribution >= 4 is 5.97 Å². The van der Waals surface area contributed by atoms with Gasteiger partial charge in [-0.15, -0.1) is 0 Å². The molecule has 0 spiro atoms. The Morgan fingerprint density at radius 3 is 2.56 bits per heavy atom. The van der Waals surface area contributed by atoms with Crippen LogP contribution in [0.5, 0.6) is 0 Å². The minimum absolute atomic E-state index is 0.209. The van der Waals surface area contributed by atoms with E-state index >= 15 is 0 Å². The third-order valence-corrected chi connectivity index (χ3v) is 6.06. The molecule has 0 amide bonds. The van der Waals surface area contributed by atoms with Gasteiger partial charge in [-0.1, -0.05) is 57.1 Å². The minimum Gasteiger partial charge on any atom is -0.481 e. The number of carboxylic acid groups (broad SMARTS) is 1. The van der Waals surface area contributed by atoms with E-state index in [9.17, 15) is 14.3 Å². The lowest BCUT2D eigenvalue weighted by molar-refractivity contribution is -0.137. The van der Waals surface area contributed by atoms with Gasteiger partial charge in [0.2, 0.25) is 0 Å². The first-order chi connectivity index (χ1) is 13.0. The second kappa shape index (κ2) is 12.1. The molecule has 1 aliphatic rings.